The number of nitrogens with zero attached hydrogens (tertiary/aromatic N) is 4. The molecule has 2 aromatic heterocycles. The molecule has 2 aromatic rings. The molecule has 1 aliphatic heterocycles. The van der Waals surface area contributed by atoms with Crippen molar-refractivity contribution in [2.75, 3.05) is 6.54 Å². The van der Waals surface area contributed by atoms with Crippen molar-refractivity contribution in [3.8, 4) is 11.5 Å². The van der Waals surface area contributed by atoms with E-state index in [9.17, 15) is 0 Å². The molecule has 1 aliphatic rings. The van der Waals surface area contributed by atoms with Crippen LogP contribution in [0.1, 0.15) is 23.9 Å². The first-order valence-corrected chi connectivity index (χ1v) is 6.37. The zero-order valence-electron chi connectivity index (χ0n) is 10.8. The highest BCUT2D eigenvalue weighted by molar-refractivity contribution is 5.50. The first kappa shape index (κ1) is 11.3. The van der Waals surface area contributed by atoms with Gasteiger partial charge in [-0.1, -0.05) is 6.92 Å². The fourth-order valence-electron chi connectivity index (χ4n) is 2.35. The van der Waals surface area contributed by atoms with E-state index < -0.39 is 0 Å². The van der Waals surface area contributed by atoms with E-state index in [-0.39, 0.29) is 0 Å². The second-order valence-corrected chi connectivity index (χ2v) is 4.57. The van der Waals surface area contributed by atoms with Crippen molar-refractivity contribution in [2.45, 2.75) is 26.3 Å². The summed E-state index contributed by atoms with van der Waals surface area (Å²) in [6.45, 7) is 4.02. The van der Waals surface area contributed by atoms with Crippen molar-refractivity contribution >= 4 is 0 Å². The van der Waals surface area contributed by atoms with Gasteiger partial charge in [0.25, 0.3) is 0 Å². The first-order chi connectivity index (χ1) is 8.78. The molecule has 18 heavy (non-hydrogen) atoms. The lowest BCUT2D eigenvalue weighted by molar-refractivity contribution is 0.618. The van der Waals surface area contributed by atoms with Crippen LogP contribution in [0.5, 0.6) is 0 Å². The monoisotopic (exact) mass is 243 g/mol. The number of nitrogens with one attached hydrogen (secondary N) is 1. The van der Waals surface area contributed by atoms with E-state index in [0.29, 0.717) is 0 Å². The predicted molar refractivity (Wildman–Crippen MR) is 69.0 cm³/mol. The Kier molecular flexibility index (Phi) is 2.83. The van der Waals surface area contributed by atoms with Crippen molar-refractivity contribution in [1.82, 2.24) is 25.1 Å². The van der Waals surface area contributed by atoms with Crippen LogP contribution in [0.25, 0.3) is 11.5 Å². The van der Waals surface area contributed by atoms with Crippen LogP contribution in [-0.2, 0) is 26.4 Å². The fourth-order valence-corrected chi connectivity index (χ4v) is 2.35. The molecule has 1 N–H and O–H groups in total. The van der Waals surface area contributed by atoms with Crippen LogP contribution in [0.3, 0.4) is 0 Å². The standard InChI is InChI=1S/C13H17N5/c1-3-10-9-8-14-6-4-11(9)16-13(15-10)12-5-7-18(2)17-12/h5,7,14H,3-4,6,8H2,1-2H3. The minimum Gasteiger partial charge on any atom is -0.312 e. The van der Waals surface area contributed by atoms with Crippen molar-refractivity contribution in [3.63, 3.8) is 0 Å². The molecule has 3 rings (SSSR count). The first-order valence-electron chi connectivity index (χ1n) is 6.37. The Morgan fingerprint density at radius 1 is 1.39 bits per heavy atom. The Hall–Kier alpha value is -1.75. The normalized spacial score (nSPS) is 14.6. The molecule has 3 heterocycles. The Morgan fingerprint density at radius 3 is 3.00 bits per heavy atom. The van der Waals surface area contributed by atoms with E-state index in [1.54, 1.807) is 4.68 Å². The summed E-state index contributed by atoms with van der Waals surface area (Å²) in [4.78, 5) is 9.34. The van der Waals surface area contributed by atoms with E-state index in [0.717, 1.165) is 43.1 Å². The van der Waals surface area contributed by atoms with Gasteiger partial charge in [0.2, 0.25) is 0 Å². The molecule has 5 heteroatoms. The quantitative estimate of drug-likeness (QED) is 0.857. The number of aromatic nitrogens is 4. The van der Waals surface area contributed by atoms with Crippen molar-refractivity contribution in [1.29, 1.82) is 0 Å². The highest BCUT2D eigenvalue weighted by Crippen LogP contribution is 2.20. The SMILES string of the molecule is CCc1nc(-c2ccn(C)n2)nc2c1CNCC2. The Balaban J connectivity index is 2.11. The van der Waals surface area contributed by atoms with Gasteiger partial charge in [0.05, 0.1) is 5.69 Å². The Labute approximate surface area is 106 Å². The smallest absolute Gasteiger partial charge is 0.180 e. The third-order valence-corrected chi connectivity index (χ3v) is 3.30. The number of fused-ring (bicyclic) bond motifs is 1. The summed E-state index contributed by atoms with van der Waals surface area (Å²) in [5.41, 5.74) is 4.46. The average Bonchev–Trinajstić information content (AvgIpc) is 2.84. The van der Waals surface area contributed by atoms with E-state index in [1.807, 2.05) is 19.3 Å². The molecule has 0 saturated heterocycles. The lowest BCUT2D eigenvalue weighted by Gasteiger charge is -2.19. The van der Waals surface area contributed by atoms with Crippen LogP contribution in [-0.4, -0.2) is 26.3 Å². The van der Waals surface area contributed by atoms with Gasteiger partial charge in [0, 0.05) is 44.0 Å². The van der Waals surface area contributed by atoms with Gasteiger partial charge in [0.15, 0.2) is 5.82 Å². The third kappa shape index (κ3) is 1.90. The van der Waals surface area contributed by atoms with Crippen LogP contribution in [0.2, 0.25) is 0 Å². The summed E-state index contributed by atoms with van der Waals surface area (Å²) >= 11 is 0. The molecule has 0 bridgehead atoms. The molecule has 0 aliphatic carbocycles. The van der Waals surface area contributed by atoms with Gasteiger partial charge in [-0.2, -0.15) is 5.10 Å². The molecule has 0 aromatic carbocycles. The van der Waals surface area contributed by atoms with Crippen LogP contribution < -0.4 is 5.32 Å². The van der Waals surface area contributed by atoms with Gasteiger partial charge in [-0.3, -0.25) is 4.68 Å². The van der Waals surface area contributed by atoms with Gasteiger partial charge < -0.3 is 5.32 Å². The molecule has 5 nitrogen and oxygen atoms in total. The Bertz CT molecular complexity index is 556. The van der Waals surface area contributed by atoms with Gasteiger partial charge in [-0.15, -0.1) is 0 Å². The third-order valence-electron chi connectivity index (χ3n) is 3.30. The maximum absolute atomic E-state index is 4.68. The highest BCUT2D eigenvalue weighted by Gasteiger charge is 2.17. The minimum absolute atomic E-state index is 0.758. The van der Waals surface area contributed by atoms with Crippen LogP contribution >= 0.6 is 0 Å². The number of rotatable bonds is 2. The van der Waals surface area contributed by atoms with Gasteiger partial charge in [-0.25, -0.2) is 9.97 Å². The van der Waals surface area contributed by atoms with Crippen molar-refractivity contribution in [2.24, 2.45) is 7.05 Å². The lowest BCUT2D eigenvalue weighted by Crippen LogP contribution is -2.26. The molecule has 0 spiro atoms. The zero-order chi connectivity index (χ0) is 12.5. The second-order valence-electron chi connectivity index (χ2n) is 4.57. The molecule has 94 valence electrons. The molecule has 0 amide bonds. The second kappa shape index (κ2) is 4.49. The largest absolute Gasteiger partial charge is 0.312 e. The summed E-state index contributed by atoms with van der Waals surface area (Å²) in [6.07, 6.45) is 3.84. The van der Waals surface area contributed by atoms with E-state index in [1.165, 1.54) is 11.3 Å². The molecular formula is C13H17N5. The maximum Gasteiger partial charge on any atom is 0.180 e. The van der Waals surface area contributed by atoms with Crippen LogP contribution in [0, 0.1) is 0 Å². The summed E-state index contributed by atoms with van der Waals surface area (Å²) in [6, 6.07) is 1.96. The highest BCUT2D eigenvalue weighted by atomic mass is 15.3. The molecule has 0 fully saturated rings. The molecular weight excluding hydrogens is 226 g/mol. The van der Waals surface area contributed by atoms with Crippen LogP contribution in [0.4, 0.5) is 0 Å². The van der Waals surface area contributed by atoms with E-state index in [4.69, 9.17) is 0 Å². The molecule has 0 saturated carbocycles. The number of hydrogen-bond donors (Lipinski definition) is 1. The van der Waals surface area contributed by atoms with E-state index >= 15 is 0 Å². The topological polar surface area (TPSA) is 55.6 Å². The summed E-state index contributed by atoms with van der Waals surface area (Å²) in [5.74, 6) is 0.758. The van der Waals surface area contributed by atoms with Crippen molar-refractivity contribution in [3.05, 3.63) is 29.2 Å². The summed E-state index contributed by atoms with van der Waals surface area (Å²) in [5, 5.41) is 7.76. The Morgan fingerprint density at radius 2 is 2.28 bits per heavy atom. The summed E-state index contributed by atoms with van der Waals surface area (Å²) in [7, 11) is 1.91. The molecule has 0 unspecified atom stereocenters. The average molecular weight is 243 g/mol. The van der Waals surface area contributed by atoms with Crippen molar-refractivity contribution < 1.29 is 0 Å². The van der Waals surface area contributed by atoms with Gasteiger partial charge in [-0.05, 0) is 12.5 Å². The van der Waals surface area contributed by atoms with Gasteiger partial charge >= 0.3 is 0 Å². The van der Waals surface area contributed by atoms with Crippen LogP contribution in [0.15, 0.2) is 12.3 Å². The summed E-state index contributed by atoms with van der Waals surface area (Å²) < 4.78 is 1.78. The van der Waals surface area contributed by atoms with E-state index in [2.05, 4.69) is 27.3 Å². The van der Waals surface area contributed by atoms with Gasteiger partial charge in [0.1, 0.15) is 5.69 Å². The zero-order valence-corrected chi connectivity index (χ0v) is 10.8. The molecule has 0 atom stereocenters. The maximum atomic E-state index is 4.68. The number of hydrogen-bond acceptors (Lipinski definition) is 4. The predicted octanol–water partition coefficient (Wildman–Crippen LogP) is 1.09. The fraction of sp³-hybridized carbons (Fsp3) is 0.462. The lowest BCUT2D eigenvalue weighted by atomic mass is 10.0. The minimum atomic E-state index is 0.758. The molecule has 0 radical (unpaired) electrons. The number of aryl methyl sites for hydroxylation is 2.